The zero-order valence-corrected chi connectivity index (χ0v) is 16.7. The summed E-state index contributed by atoms with van der Waals surface area (Å²) in [4.78, 5) is 3.73. The third-order valence-corrected chi connectivity index (χ3v) is 8.35. The third-order valence-electron chi connectivity index (χ3n) is 5.98. The molecule has 1 N–H and O–H groups in total. The zero-order chi connectivity index (χ0) is 18.2. The van der Waals surface area contributed by atoms with Crippen LogP contribution in [0.3, 0.4) is 0 Å². The number of aromatic amines is 1. The molecule has 0 saturated heterocycles. The molecule has 0 aliphatic heterocycles. The summed E-state index contributed by atoms with van der Waals surface area (Å²) in [7, 11) is 0. The van der Waals surface area contributed by atoms with Crippen LogP contribution in [0.2, 0.25) is 0 Å². The predicted octanol–water partition coefficient (Wildman–Crippen LogP) is 6.99. The summed E-state index contributed by atoms with van der Waals surface area (Å²) in [5.74, 6) is 0. The number of H-pyrrole nitrogens is 1. The minimum atomic E-state index is 0.390. The summed E-state index contributed by atoms with van der Waals surface area (Å²) < 4.78 is 3.00. The van der Waals surface area contributed by atoms with E-state index in [1.54, 1.807) is 0 Å². The van der Waals surface area contributed by atoms with Crippen LogP contribution in [0.4, 0.5) is 0 Å². The number of nitrogens with one attached hydrogen (secondary N) is 1. The van der Waals surface area contributed by atoms with Crippen molar-refractivity contribution in [3.05, 3.63) is 84.9 Å². The van der Waals surface area contributed by atoms with E-state index in [0.29, 0.717) is 14.5 Å². The number of hydrogen-bond donors (Lipinski definition) is 1. The van der Waals surface area contributed by atoms with Crippen molar-refractivity contribution in [2.75, 3.05) is 0 Å². The second kappa shape index (κ2) is 5.26. The van der Waals surface area contributed by atoms with Gasteiger partial charge in [-0.15, -0.1) is 0 Å². The molecule has 0 spiro atoms. The van der Waals surface area contributed by atoms with Crippen molar-refractivity contribution in [2.24, 2.45) is 0 Å². The molecule has 7 rings (SSSR count). The molecule has 0 amide bonds. The van der Waals surface area contributed by atoms with E-state index in [2.05, 4.69) is 89.9 Å². The Morgan fingerprint density at radius 3 is 2.32 bits per heavy atom. The molecular weight excluding hydrogens is 405 g/mol. The van der Waals surface area contributed by atoms with E-state index < -0.39 is 0 Å². The molecule has 0 aliphatic carbocycles. The van der Waals surface area contributed by atoms with Crippen LogP contribution in [0.5, 0.6) is 0 Å². The van der Waals surface area contributed by atoms with Crippen LogP contribution < -0.4 is 0 Å². The van der Waals surface area contributed by atoms with Gasteiger partial charge in [0.2, 0.25) is 0 Å². The van der Waals surface area contributed by atoms with Gasteiger partial charge >= 0.3 is 167 Å². The second-order valence-corrected chi connectivity index (χ2v) is 9.76. The second-order valence-electron chi connectivity index (χ2n) is 7.49. The van der Waals surface area contributed by atoms with E-state index >= 15 is 0 Å². The van der Waals surface area contributed by atoms with Crippen LogP contribution in [0, 0.1) is 0 Å². The maximum atomic E-state index is 3.73. The molecule has 0 saturated carbocycles. The van der Waals surface area contributed by atoms with Crippen molar-refractivity contribution in [2.45, 2.75) is 0 Å². The van der Waals surface area contributed by atoms with Crippen molar-refractivity contribution < 1.29 is 0 Å². The Morgan fingerprint density at radius 2 is 1.36 bits per heavy atom. The average molecular weight is 420 g/mol. The maximum absolute atomic E-state index is 3.73. The standard InChI is InChI=1S/C26H15NSe/c1-2-6-17-15(5-1)10-12-22-25(17)19-11-9-16-13-21-18-7-3-4-8-23(18)28-24(21)14-20(16)26(19)27-22/h1-14,27H. The van der Waals surface area contributed by atoms with Crippen LogP contribution in [0.25, 0.3) is 62.6 Å². The first-order valence-corrected chi connectivity index (χ1v) is 11.3. The Hall–Kier alpha value is -3.06. The molecule has 5 aromatic carbocycles. The van der Waals surface area contributed by atoms with Crippen molar-refractivity contribution in [1.82, 2.24) is 4.98 Å². The van der Waals surface area contributed by atoms with Gasteiger partial charge in [0, 0.05) is 0 Å². The molecule has 2 heteroatoms. The van der Waals surface area contributed by atoms with Crippen LogP contribution in [-0.4, -0.2) is 19.5 Å². The number of aromatic nitrogens is 1. The summed E-state index contributed by atoms with van der Waals surface area (Å²) in [6.45, 7) is 0. The topological polar surface area (TPSA) is 15.8 Å². The fourth-order valence-electron chi connectivity index (χ4n) is 4.69. The quantitative estimate of drug-likeness (QED) is 0.255. The third kappa shape index (κ3) is 1.87. The van der Waals surface area contributed by atoms with Crippen LogP contribution in [0.1, 0.15) is 0 Å². The van der Waals surface area contributed by atoms with Crippen molar-refractivity contribution in [3.8, 4) is 0 Å². The number of rotatable bonds is 0. The molecule has 2 aromatic heterocycles. The van der Waals surface area contributed by atoms with Gasteiger partial charge in [-0.2, -0.15) is 0 Å². The van der Waals surface area contributed by atoms with Crippen LogP contribution in [0.15, 0.2) is 84.9 Å². The molecule has 0 bridgehead atoms. The van der Waals surface area contributed by atoms with Gasteiger partial charge in [-0.05, 0) is 0 Å². The predicted molar refractivity (Wildman–Crippen MR) is 123 cm³/mol. The van der Waals surface area contributed by atoms with E-state index in [1.165, 1.54) is 62.6 Å². The van der Waals surface area contributed by atoms with E-state index in [-0.39, 0.29) is 0 Å². The zero-order valence-electron chi connectivity index (χ0n) is 15.0. The van der Waals surface area contributed by atoms with E-state index in [9.17, 15) is 0 Å². The molecule has 7 aromatic rings. The number of benzene rings is 5. The summed E-state index contributed by atoms with van der Waals surface area (Å²) >= 11 is 0.390. The van der Waals surface area contributed by atoms with Gasteiger partial charge in [0.1, 0.15) is 0 Å². The summed E-state index contributed by atoms with van der Waals surface area (Å²) in [6, 6.07) is 31.4. The average Bonchev–Trinajstić information content (AvgIpc) is 3.30. The molecule has 1 nitrogen and oxygen atoms in total. The van der Waals surface area contributed by atoms with Crippen LogP contribution >= 0.6 is 0 Å². The first-order valence-electron chi connectivity index (χ1n) is 9.54. The molecule has 130 valence electrons. The van der Waals surface area contributed by atoms with Gasteiger partial charge in [0.15, 0.2) is 0 Å². The fourth-order valence-corrected chi connectivity index (χ4v) is 7.05. The molecule has 0 aliphatic rings. The van der Waals surface area contributed by atoms with E-state index in [0.717, 1.165) is 0 Å². The molecule has 0 radical (unpaired) electrons. The van der Waals surface area contributed by atoms with Gasteiger partial charge in [0.25, 0.3) is 0 Å². The van der Waals surface area contributed by atoms with Crippen LogP contribution in [-0.2, 0) is 0 Å². The Labute approximate surface area is 166 Å². The van der Waals surface area contributed by atoms with Gasteiger partial charge < -0.3 is 0 Å². The van der Waals surface area contributed by atoms with E-state index in [1.807, 2.05) is 0 Å². The SMILES string of the molecule is c1ccc2c(c1)ccc1[nH]c3c4cc5[se]c6ccccc6c5cc4ccc3c12. The molecule has 0 unspecified atom stereocenters. The first kappa shape index (κ1) is 14.9. The Bertz CT molecular complexity index is 1720. The van der Waals surface area contributed by atoms with Gasteiger partial charge in [-0.1, -0.05) is 0 Å². The van der Waals surface area contributed by atoms with Gasteiger partial charge in [-0.25, -0.2) is 0 Å². The molecule has 2 heterocycles. The molecule has 0 atom stereocenters. The molecule has 0 fully saturated rings. The Balaban J connectivity index is 1.69. The fraction of sp³-hybridized carbons (Fsp3) is 0. The normalized spacial score (nSPS) is 12.3. The Morgan fingerprint density at radius 1 is 0.536 bits per heavy atom. The van der Waals surface area contributed by atoms with E-state index in [4.69, 9.17) is 0 Å². The number of fused-ring (bicyclic) bond motifs is 10. The first-order chi connectivity index (χ1) is 13.9. The van der Waals surface area contributed by atoms with Gasteiger partial charge in [0.05, 0.1) is 0 Å². The van der Waals surface area contributed by atoms with Crippen molar-refractivity contribution in [3.63, 3.8) is 0 Å². The van der Waals surface area contributed by atoms with Gasteiger partial charge in [-0.3, -0.25) is 0 Å². The molecular formula is C26H15NSe. The monoisotopic (exact) mass is 421 g/mol. The summed E-state index contributed by atoms with van der Waals surface area (Å²) in [5.41, 5.74) is 2.48. The Kier molecular flexibility index (Phi) is 2.80. The number of hydrogen-bond acceptors (Lipinski definition) is 0. The van der Waals surface area contributed by atoms with Crippen molar-refractivity contribution in [1.29, 1.82) is 0 Å². The van der Waals surface area contributed by atoms with Crippen molar-refractivity contribution >= 4 is 77.1 Å². The molecule has 28 heavy (non-hydrogen) atoms. The summed E-state index contributed by atoms with van der Waals surface area (Å²) in [6.07, 6.45) is 0. The minimum absolute atomic E-state index is 0.390. The summed E-state index contributed by atoms with van der Waals surface area (Å²) in [5, 5.41) is 10.8.